The summed E-state index contributed by atoms with van der Waals surface area (Å²) in [5.41, 5.74) is 12.5. The van der Waals surface area contributed by atoms with Gasteiger partial charge < -0.3 is 11.5 Å². The van der Waals surface area contributed by atoms with Crippen molar-refractivity contribution in [3.05, 3.63) is 126 Å². The molecule has 4 aromatic carbocycles. The Morgan fingerprint density at radius 2 is 1.15 bits per heavy atom. The van der Waals surface area contributed by atoms with Crippen LogP contribution < -0.4 is 11.5 Å². The Morgan fingerprint density at radius 1 is 0.625 bits per heavy atom. The van der Waals surface area contributed by atoms with E-state index >= 15 is 0 Å². The molecule has 5 rings (SSSR count). The summed E-state index contributed by atoms with van der Waals surface area (Å²) in [7, 11) is -7.64. The van der Waals surface area contributed by atoms with Gasteiger partial charge in [-0.05, 0) is 91.3 Å². The number of anilines is 2. The maximum Gasteiger partial charge on any atom is 0.206 e. The quantitative estimate of drug-likeness (QED) is 0.216. The van der Waals surface area contributed by atoms with Crippen molar-refractivity contribution in [1.82, 2.24) is 0 Å². The van der Waals surface area contributed by atoms with Crippen LogP contribution in [0, 0.1) is 0 Å². The first-order valence-electron chi connectivity index (χ1n) is 12.2. The minimum atomic E-state index is -3.88. The second-order valence-electron chi connectivity index (χ2n) is 9.09. The minimum absolute atomic E-state index is 0.109. The number of sulfone groups is 2. The Balaban J connectivity index is 1.47. The van der Waals surface area contributed by atoms with Crippen molar-refractivity contribution in [1.29, 1.82) is 0 Å². The predicted octanol–water partition coefficient (Wildman–Crippen LogP) is 6.58. The van der Waals surface area contributed by atoms with Crippen LogP contribution in [0.4, 0.5) is 11.4 Å². The average molecular weight is 607 g/mol. The fourth-order valence-electron chi connectivity index (χ4n) is 4.13. The number of hydrogen-bond donors (Lipinski definition) is 2. The van der Waals surface area contributed by atoms with E-state index in [4.69, 9.17) is 11.5 Å². The van der Waals surface area contributed by atoms with Gasteiger partial charge in [0.05, 0.1) is 14.7 Å². The summed E-state index contributed by atoms with van der Waals surface area (Å²) in [6.45, 7) is 0. The van der Waals surface area contributed by atoms with Crippen LogP contribution in [0.3, 0.4) is 0 Å². The third-order valence-electron chi connectivity index (χ3n) is 6.33. The monoisotopic (exact) mass is 606 g/mol. The van der Waals surface area contributed by atoms with Gasteiger partial charge in [0, 0.05) is 26.1 Å². The third kappa shape index (κ3) is 5.71. The van der Waals surface area contributed by atoms with Gasteiger partial charge in [0.2, 0.25) is 9.84 Å². The van der Waals surface area contributed by atoms with Crippen molar-refractivity contribution in [3.8, 4) is 0 Å². The lowest BCUT2D eigenvalue weighted by Gasteiger charge is -2.31. The van der Waals surface area contributed by atoms with Crippen molar-refractivity contribution >= 4 is 54.6 Å². The smallest absolute Gasteiger partial charge is 0.206 e. The SMILES string of the molecule is Nc1ccc(S(=O)(=O)c2ccc(SC3(S(=O)(=O)c4ccc(N)cc4)C=CC(Sc4ccccc4)=CC3)cc2)cc1. The van der Waals surface area contributed by atoms with Crippen LogP contribution in [0.5, 0.6) is 0 Å². The van der Waals surface area contributed by atoms with E-state index in [1.807, 2.05) is 42.5 Å². The Kier molecular flexibility index (Phi) is 7.87. The van der Waals surface area contributed by atoms with Gasteiger partial charge in [-0.1, -0.05) is 60.0 Å². The molecule has 204 valence electrons. The molecule has 0 amide bonds. The Morgan fingerprint density at radius 3 is 1.68 bits per heavy atom. The summed E-state index contributed by atoms with van der Waals surface area (Å²) < 4.78 is 53.0. The molecule has 4 aromatic rings. The van der Waals surface area contributed by atoms with Gasteiger partial charge in [-0.3, -0.25) is 0 Å². The molecular weight excluding hydrogens is 581 g/mol. The van der Waals surface area contributed by atoms with Crippen molar-refractivity contribution < 1.29 is 16.8 Å². The van der Waals surface area contributed by atoms with E-state index in [-0.39, 0.29) is 21.1 Å². The standard InChI is InChI=1S/C30H26N2O4S4/c31-22-6-12-27(13-7-22)39(33,34)28-16-10-26(11-17-28)38-30(40(35,36)29-14-8-23(32)9-15-29)20-18-25(19-21-30)37-24-4-2-1-3-5-24/h1-20H,21,31-32H2. The lowest BCUT2D eigenvalue weighted by Crippen LogP contribution is -2.34. The summed E-state index contributed by atoms with van der Waals surface area (Å²) in [5, 5.41) is 0. The molecule has 1 unspecified atom stereocenters. The number of allylic oxidation sites excluding steroid dienone is 2. The summed E-state index contributed by atoms with van der Waals surface area (Å²) >= 11 is 2.73. The van der Waals surface area contributed by atoms with E-state index in [2.05, 4.69) is 0 Å². The highest BCUT2D eigenvalue weighted by atomic mass is 32.3. The summed E-state index contributed by atoms with van der Waals surface area (Å²) in [4.78, 5) is 3.02. The molecule has 0 aromatic heterocycles. The summed E-state index contributed by atoms with van der Waals surface area (Å²) in [6.07, 6.45) is 5.72. The molecule has 0 fully saturated rings. The molecule has 0 spiro atoms. The molecule has 0 heterocycles. The first-order chi connectivity index (χ1) is 19.1. The van der Waals surface area contributed by atoms with Crippen molar-refractivity contribution in [3.63, 3.8) is 0 Å². The molecule has 6 nitrogen and oxygen atoms in total. The fraction of sp³-hybridized carbons (Fsp3) is 0.0667. The second kappa shape index (κ2) is 11.2. The number of benzene rings is 4. The van der Waals surface area contributed by atoms with Gasteiger partial charge in [0.15, 0.2) is 9.84 Å². The molecular formula is C30H26N2O4S4. The normalized spacial score (nSPS) is 17.4. The summed E-state index contributed by atoms with van der Waals surface area (Å²) in [5.74, 6) is 0. The Hall–Kier alpha value is -3.44. The molecule has 40 heavy (non-hydrogen) atoms. The van der Waals surface area contributed by atoms with Crippen molar-refractivity contribution in [2.24, 2.45) is 0 Å². The number of rotatable bonds is 8. The van der Waals surface area contributed by atoms with Crippen LogP contribution in [0.15, 0.2) is 151 Å². The molecule has 4 N–H and O–H groups in total. The maximum absolute atomic E-state index is 14.1. The minimum Gasteiger partial charge on any atom is -0.399 e. The van der Waals surface area contributed by atoms with Crippen LogP contribution in [0.2, 0.25) is 0 Å². The number of nitrogens with two attached hydrogens (primary N) is 2. The fourth-order valence-corrected chi connectivity index (χ4v) is 9.70. The van der Waals surface area contributed by atoms with Gasteiger partial charge in [0.1, 0.15) is 4.08 Å². The molecule has 1 atom stereocenters. The molecule has 1 aliphatic carbocycles. The molecule has 0 radical (unpaired) electrons. The molecule has 0 saturated heterocycles. The second-order valence-corrected chi connectivity index (χ2v) is 16.1. The van der Waals surface area contributed by atoms with Crippen LogP contribution in [0.25, 0.3) is 0 Å². The van der Waals surface area contributed by atoms with E-state index < -0.39 is 23.8 Å². The number of thioether (sulfide) groups is 2. The van der Waals surface area contributed by atoms with E-state index in [0.29, 0.717) is 16.3 Å². The number of nitrogen functional groups attached to an aromatic ring is 2. The van der Waals surface area contributed by atoms with E-state index in [9.17, 15) is 16.8 Å². The maximum atomic E-state index is 14.1. The average Bonchev–Trinajstić information content (AvgIpc) is 2.95. The molecule has 0 saturated carbocycles. The zero-order valence-electron chi connectivity index (χ0n) is 21.2. The highest BCUT2D eigenvalue weighted by Crippen LogP contribution is 2.48. The first kappa shape index (κ1) is 28.1. The molecule has 0 aliphatic heterocycles. The molecule has 0 bridgehead atoms. The highest BCUT2D eigenvalue weighted by Gasteiger charge is 2.44. The van der Waals surface area contributed by atoms with E-state index in [0.717, 1.165) is 9.80 Å². The van der Waals surface area contributed by atoms with Crippen LogP contribution in [-0.4, -0.2) is 20.9 Å². The topological polar surface area (TPSA) is 120 Å². The van der Waals surface area contributed by atoms with E-state index in [1.165, 1.54) is 60.3 Å². The third-order valence-corrected chi connectivity index (χ3v) is 13.3. The molecule has 1 aliphatic rings. The van der Waals surface area contributed by atoms with Crippen LogP contribution in [0.1, 0.15) is 6.42 Å². The van der Waals surface area contributed by atoms with Gasteiger partial charge in [-0.2, -0.15) is 0 Å². The first-order valence-corrected chi connectivity index (χ1v) is 16.8. The van der Waals surface area contributed by atoms with Gasteiger partial charge >= 0.3 is 0 Å². The predicted molar refractivity (Wildman–Crippen MR) is 164 cm³/mol. The van der Waals surface area contributed by atoms with E-state index in [1.54, 1.807) is 42.1 Å². The lowest BCUT2D eigenvalue weighted by atomic mass is 10.2. The van der Waals surface area contributed by atoms with Crippen molar-refractivity contribution in [2.45, 2.75) is 35.0 Å². The number of hydrogen-bond acceptors (Lipinski definition) is 8. The highest BCUT2D eigenvalue weighted by molar-refractivity contribution is 8.15. The van der Waals surface area contributed by atoms with Gasteiger partial charge in [-0.15, -0.1) is 0 Å². The Bertz CT molecular complexity index is 1780. The summed E-state index contributed by atoms with van der Waals surface area (Å²) in [6, 6.07) is 28.3. The van der Waals surface area contributed by atoms with Gasteiger partial charge in [-0.25, -0.2) is 16.8 Å². The van der Waals surface area contributed by atoms with Crippen molar-refractivity contribution in [2.75, 3.05) is 11.5 Å². The lowest BCUT2D eigenvalue weighted by molar-refractivity contribution is 0.583. The zero-order valence-corrected chi connectivity index (χ0v) is 24.4. The van der Waals surface area contributed by atoms with Gasteiger partial charge in [0.25, 0.3) is 0 Å². The Labute approximate surface area is 243 Å². The van der Waals surface area contributed by atoms with Crippen LogP contribution in [-0.2, 0) is 19.7 Å². The van der Waals surface area contributed by atoms with Crippen LogP contribution >= 0.6 is 23.5 Å². The molecule has 10 heteroatoms. The zero-order chi connectivity index (χ0) is 28.4. The largest absolute Gasteiger partial charge is 0.399 e.